The molecular weight excluding hydrogens is 757 g/mol. The number of amides is 1. The van der Waals surface area contributed by atoms with Crippen LogP contribution in [0.15, 0.2) is 59.9 Å². The quantitative estimate of drug-likeness (QED) is 0.0486. The first-order valence-electron chi connectivity index (χ1n) is 18.3. The van der Waals surface area contributed by atoms with E-state index in [1.807, 2.05) is 12.1 Å². The Bertz CT molecular complexity index is 1880. The third kappa shape index (κ3) is 12.3. The minimum Gasteiger partial charge on any atom is -0.480 e. The van der Waals surface area contributed by atoms with Gasteiger partial charge >= 0.3 is 18.2 Å². The van der Waals surface area contributed by atoms with E-state index in [-0.39, 0.29) is 48.5 Å². The number of aromatic nitrogens is 3. The van der Waals surface area contributed by atoms with Gasteiger partial charge in [0.25, 0.3) is 5.91 Å². The zero-order valence-electron chi connectivity index (χ0n) is 30.7. The maximum absolute atomic E-state index is 13.1. The SMILES string of the molecule is C/C(NCC[C@H](NC(=O)c1ccc(Nc2nc(NC3(c4ccc(Cl)cc4)CC3)nc(OCC(F)(F)F)n2)cc1)C(=O)O)=C(/NC1CCCCCCC1)C(=O)C=O. The first-order valence-corrected chi connectivity index (χ1v) is 18.7. The molecule has 2 aliphatic carbocycles. The van der Waals surface area contributed by atoms with Crippen LogP contribution in [0.2, 0.25) is 5.02 Å². The van der Waals surface area contributed by atoms with Gasteiger partial charge in [0, 0.05) is 34.6 Å². The Morgan fingerprint density at radius 2 is 1.61 bits per heavy atom. The monoisotopic (exact) mass is 800 g/mol. The Labute approximate surface area is 326 Å². The predicted molar refractivity (Wildman–Crippen MR) is 202 cm³/mol. The van der Waals surface area contributed by atoms with Crippen LogP contribution >= 0.6 is 11.6 Å². The minimum absolute atomic E-state index is 0.0270. The molecule has 0 saturated heterocycles. The number of halogens is 4. The van der Waals surface area contributed by atoms with E-state index in [0.717, 1.165) is 44.1 Å². The molecule has 1 amide bonds. The highest BCUT2D eigenvalue weighted by Crippen LogP contribution is 2.48. The number of carboxylic acids is 1. The van der Waals surface area contributed by atoms with Crippen molar-refractivity contribution in [1.29, 1.82) is 0 Å². The summed E-state index contributed by atoms with van der Waals surface area (Å²) in [6.07, 6.45) is 4.16. The van der Waals surface area contributed by atoms with E-state index in [4.69, 9.17) is 16.3 Å². The Morgan fingerprint density at radius 3 is 2.21 bits per heavy atom. The van der Waals surface area contributed by atoms with Crippen molar-refractivity contribution in [1.82, 2.24) is 30.9 Å². The van der Waals surface area contributed by atoms with Gasteiger partial charge in [-0.25, -0.2) is 4.79 Å². The standard InChI is InChI=1S/C38H44ClF3N8O6/c1-23(31(30(52)21-51)44-27-7-5-3-2-4-6-8-27)43-20-17-29(33(54)55)46-32(53)24-9-15-28(16-10-24)45-34-47-35(49-36(48-34)56-22-38(40,41)42)50-37(18-19-37)25-11-13-26(39)14-12-25/h9-16,21,27,29,43-44H,2-8,17-20,22H2,1H3,(H,46,53)(H,54,55)(H2,45,47,48,49,50)/b31-23-/t29-/m0/s1. The molecule has 1 heterocycles. The van der Waals surface area contributed by atoms with Gasteiger partial charge in [-0.3, -0.25) is 14.4 Å². The Hall–Kier alpha value is -5.45. The molecule has 2 aromatic carbocycles. The summed E-state index contributed by atoms with van der Waals surface area (Å²) in [5.74, 6) is -2.82. The molecule has 3 aromatic rings. The fourth-order valence-electron chi connectivity index (χ4n) is 6.33. The number of allylic oxidation sites excluding steroid dienone is 2. The molecule has 0 bridgehead atoms. The largest absolute Gasteiger partial charge is 0.480 e. The first kappa shape index (κ1) is 41.7. The van der Waals surface area contributed by atoms with E-state index in [0.29, 0.717) is 29.2 Å². The maximum Gasteiger partial charge on any atom is 0.422 e. The number of aliphatic carboxylic acids is 1. The number of Topliss-reactive ketones (excluding diaryl/α,β-unsaturated/α-hetero) is 1. The second-order valence-corrected chi connectivity index (χ2v) is 14.3. The van der Waals surface area contributed by atoms with Gasteiger partial charge in [-0.2, -0.15) is 28.1 Å². The zero-order chi connectivity index (χ0) is 40.3. The summed E-state index contributed by atoms with van der Waals surface area (Å²) in [7, 11) is 0. The van der Waals surface area contributed by atoms with Crippen LogP contribution in [0.5, 0.6) is 6.01 Å². The molecule has 18 heteroatoms. The molecule has 6 N–H and O–H groups in total. The molecular formula is C38H44ClF3N8O6. The lowest BCUT2D eigenvalue weighted by Gasteiger charge is -2.24. The molecule has 0 radical (unpaired) electrons. The molecule has 0 aliphatic heterocycles. The van der Waals surface area contributed by atoms with Gasteiger partial charge in [0.2, 0.25) is 17.7 Å². The number of carbonyl (C=O) groups excluding carboxylic acids is 3. The van der Waals surface area contributed by atoms with Gasteiger partial charge in [-0.15, -0.1) is 0 Å². The van der Waals surface area contributed by atoms with Gasteiger partial charge in [0.15, 0.2) is 12.9 Å². The Balaban J connectivity index is 1.21. The lowest BCUT2D eigenvalue weighted by atomic mass is 9.96. The third-order valence-electron chi connectivity index (χ3n) is 9.49. The van der Waals surface area contributed by atoms with Crippen molar-refractivity contribution in [3.05, 3.63) is 76.1 Å². The van der Waals surface area contributed by atoms with Crippen molar-refractivity contribution >= 4 is 53.1 Å². The van der Waals surface area contributed by atoms with Crippen molar-refractivity contribution in [2.24, 2.45) is 0 Å². The number of benzene rings is 2. The number of nitrogens with zero attached hydrogens (tertiary/aromatic N) is 3. The third-order valence-corrected chi connectivity index (χ3v) is 9.74. The summed E-state index contributed by atoms with van der Waals surface area (Å²) in [4.78, 5) is 61.4. The molecule has 2 aliphatic rings. The van der Waals surface area contributed by atoms with Crippen molar-refractivity contribution < 1.29 is 42.2 Å². The minimum atomic E-state index is -4.64. The normalized spacial score (nSPS) is 16.5. The number of hydrogen-bond donors (Lipinski definition) is 6. The number of aldehydes is 1. The van der Waals surface area contributed by atoms with E-state index < -0.39 is 48.0 Å². The lowest BCUT2D eigenvalue weighted by molar-refractivity contribution is -0.154. The Kier molecular flexibility index (Phi) is 14.1. The highest BCUT2D eigenvalue weighted by atomic mass is 35.5. The number of anilines is 3. The summed E-state index contributed by atoms with van der Waals surface area (Å²) in [5.41, 5.74) is 1.37. The fraction of sp³-hybridized carbons (Fsp3) is 0.447. The van der Waals surface area contributed by atoms with Crippen molar-refractivity contribution in [3.8, 4) is 6.01 Å². The van der Waals surface area contributed by atoms with Crippen molar-refractivity contribution in [2.45, 2.75) is 94.9 Å². The fourth-order valence-corrected chi connectivity index (χ4v) is 6.45. The van der Waals surface area contributed by atoms with E-state index in [1.165, 1.54) is 30.7 Å². The second kappa shape index (κ2) is 18.9. The Morgan fingerprint density at radius 1 is 0.964 bits per heavy atom. The smallest absolute Gasteiger partial charge is 0.422 e. The van der Waals surface area contributed by atoms with E-state index >= 15 is 0 Å². The van der Waals surface area contributed by atoms with Crippen molar-refractivity contribution in [3.63, 3.8) is 0 Å². The number of ketones is 1. The molecule has 2 saturated carbocycles. The highest BCUT2D eigenvalue weighted by molar-refractivity contribution is 6.33. The second-order valence-electron chi connectivity index (χ2n) is 13.8. The van der Waals surface area contributed by atoms with Crippen LogP contribution in [0.3, 0.4) is 0 Å². The van der Waals surface area contributed by atoms with Gasteiger partial charge in [-0.05, 0) is 81.0 Å². The van der Waals surface area contributed by atoms with Crippen LogP contribution in [0.4, 0.5) is 30.8 Å². The average molecular weight is 801 g/mol. The highest BCUT2D eigenvalue weighted by Gasteiger charge is 2.45. The number of carboxylic acid groups (broad SMARTS) is 1. The van der Waals surface area contributed by atoms with Crippen LogP contribution in [-0.4, -0.2) is 75.4 Å². The topological polar surface area (TPSA) is 197 Å². The van der Waals surface area contributed by atoms with Crippen LogP contribution in [0, 0.1) is 0 Å². The molecule has 0 spiro atoms. The number of carbonyl (C=O) groups is 4. The van der Waals surface area contributed by atoms with E-state index in [2.05, 4.69) is 41.5 Å². The van der Waals surface area contributed by atoms with Gasteiger partial charge in [0.1, 0.15) is 11.7 Å². The van der Waals surface area contributed by atoms with Gasteiger partial charge in [-0.1, -0.05) is 55.8 Å². The first-order chi connectivity index (χ1) is 26.7. The van der Waals surface area contributed by atoms with Crippen LogP contribution in [0.25, 0.3) is 0 Å². The number of rotatable bonds is 18. The van der Waals surface area contributed by atoms with Gasteiger partial charge in [0.05, 0.1) is 5.54 Å². The summed E-state index contributed by atoms with van der Waals surface area (Å²) in [6.45, 7) is 0.0860. The predicted octanol–water partition coefficient (Wildman–Crippen LogP) is 6.18. The number of alkyl halides is 3. The average Bonchev–Trinajstić information content (AvgIpc) is 3.93. The summed E-state index contributed by atoms with van der Waals surface area (Å²) in [5, 5.41) is 25.2. The van der Waals surface area contributed by atoms with Crippen LogP contribution in [0.1, 0.15) is 87.1 Å². The number of hydrogen-bond acceptors (Lipinski definition) is 12. The summed E-state index contributed by atoms with van der Waals surface area (Å²) in [6, 6.07) is 11.1. The zero-order valence-corrected chi connectivity index (χ0v) is 31.4. The van der Waals surface area contributed by atoms with Crippen molar-refractivity contribution in [2.75, 3.05) is 23.8 Å². The number of nitrogens with one attached hydrogen (secondary N) is 5. The molecule has 1 aromatic heterocycles. The molecule has 5 rings (SSSR count). The molecule has 0 unspecified atom stereocenters. The molecule has 14 nitrogen and oxygen atoms in total. The molecule has 2 fully saturated rings. The number of ether oxygens (including phenoxy) is 1. The molecule has 300 valence electrons. The molecule has 56 heavy (non-hydrogen) atoms. The van der Waals surface area contributed by atoms with Crippen LogP contribution in [-0.2, 0) is 19.9 Å². The molecule has 1 atom stereocenters. The lowest BCUT2D eigenvalue weighted by Crippen LogP contribution is -2.42. The summed E-state index contributed by atoms with van der Waals surface area (Å²) < 4.78 is 43.7. The summed E-state index contributed by atoms with van der Waals surface area (Å²) >= 11 is 6.03. The van der Waals surface area contributed by atoms with Gasteiger partial charge < -0.3 is 36.4 Å². The van der Waals surface area contributed by atoms with Crippen LogP contribution < -0.4 is 31.3 Å². The van der Waals surface area contributed by atoms with E-state index in [1.54, 1.807) is 19.1 Å². The maximum atomic E-state index is 13.1. The van der Waals surface area contributed by atoms with E-state index in [9.17, 15) is 37.5 Å².